The number of halogens is 3. The molecule has 0 aliphatic rings. The van der Waals surface area contributed by atoms with Crippen LogP contribution in [0.3, 0.4) is 0 Å². The van der Waals surface area contributed by atoms with Crippen molar-refractivity contribution in [3.05, 3.63) is 97.6 Å². The van der Waals surface area contributed by atoms with E-state index in [1.807, 2.05) is 24.3 Å². The van der Waals surface area contributed by atoms with Crippen LogP contribution in [-0.2, 0) is 21.4 Å². The van der Waals surface area contributed by atoms with Crippen molar-refractivity contribution in [2.24, 2.45) is 5.73 Å². The third-order valence-electron chi connectivity index (χ3n) is 6.58. The third-order valence-corrected chi connectivity index (χ3v) is 9.53. The van der Waals surface area contributed by atoms with E-state index < -0.39 is 29.1 Å². The fraction of sp³-hybridized carbons (Fsp3) is 0.182. The van der Waals surface area contributed by atoms with E-state index in [2.05, 4.69) is 25.9 Å². The summed E-state index contributed by atoms with van der Waals surface area (Å²) in [6.07, 6.45) is 0. The van der Waals surface area contributed by atoms with Gasteiger partial charge in [-0.2, -0.15) is 0 Å². The molecule has 5 aromatic rings. The van der Waals surface area contributed by atoms with E-state index >= 15 is 0 Å². The number of aromatic nitrogens is 2. The van der Waals surface area contributed by atoms with Crippen LogP contribution >= 0.6 is 38.6 Å². The topological polar surface area (TPSA) is 149 Å². The highest BCUT2D eigenvalue weighted by atomic mass is 79.9. The minimum absolute atomic E-state index is 0.231. The first-order valence-corrected chi connectivity index (χ1v) is 16.7. The van der Waals surface area contributed by atoms with Gasteiger partial charge in [0.2, 0.25) is 0 Å². The number of thiazole rings is 2. The van der Waals surface area contributed by atoms with Gasteiger partial charge >= 0.3 is 11.9 Å². The average molecular weight is 777 g/mol. The molecule has 5 rings (SSSR count). The number of ether oxygens (including phenoxy) is 5. The number of primary amides is 1. The lowest BCUT2D eigenvalue weighted by Gasteiger charge is -2.08. The number of methoxy groups -OCH3 is 4. The zero-order valence-electron chi connectivity index (χ0n) is 26.4. The highest BCUT2D eigenvalue weighted by Gasteiger charge is 2.23. The molecule has 11 nitrogen and oxygen atoms in total. The van der Waals surface area contributed by atoms with Crippen molar-refractivity contribution in [2.45, 2.75) is 11.9 Å². The van der Waals surface area contributed by atoms with Gasteiger partial charge in [0.1, 0.15) is 49.3 Å². The van der Waals surface area contributed by atoms with Crippen molar-refractivity contribution in [2.75, 3.05) is 28.4 Å². The van der Waals surface area contributed by atoms with Crippen molar-refractivity contribution in [3.63, 3.8) is 0 Å². The number of alkyl halides is 1. The molecule has 0 saturated carbocycles. The van der Waals surface area contributed by atoms with E-state index in [-0.39, 0.29) is 23.2 Å². The lowest BCUT2D eigenvalue weighted by Crippen LogP contribution is -2.16. The quantitative estimate of drug-likeness (QED) is 0.109. The van der Waals surface area contributed by atoms with Crippen LogP contribution in [0.1, 0.15) is 39.7 Å². The van der Waals surface area contributed by atoms with Crippen molar-refractivity contribution in [1.82, 2.24) is 9.97 Å². The standard InChI is InChI=1S/C20H16F2N2O5S.C13H12BrNO3S/c1-27-11-5-3-10(4-6-11)17-18(20(26)28-2)30-14(24-17)9-29-13-8-7-12(21)15(16(13)22)19(23)25;1-17-9-5-3-8(4-6-9)11-12(13(16)18-2)19-10(7-14)15-11/h3-8H,9H2,1-2H3,(H2,23,25);3-6H,7H2,1-2H3. The minimum Gasteiger partial charge on any atom is -0.497 e. The molecular formula is C33H28BrF2N3O8S2. The smallest absolute Gasteiger partial charge is 0.350 e. The molecule has 0 aliphatic carbocycles. The second-order valence-electron chi connectivity index (χ2n) is 9.53. The molecule has 49 heavy (non-hydrogen) atoms. The maximum atomic E-state index is 14.3. The normalized spacial score (nSPS) is 10.4. The van der Waals surface area contributed by atoms with E-state index in [0.29, 0.717) is 37.9 Å². The van der Waals surface area contributed by atoms with E-state index in [1.165, 1.54) is 32.7 Å². The van der Waals surface area contributed by atoms with E-state index in [4.69, 9.17) is 29.4 Å². The third kappa shape index (κ3) is 8.76. The van der Waals surface area contributed by atoms with Gasteiger partial charge in [-0.25, -0.2) is 28.3 Å². The van der Waals surface area contributed by atoms with Crippen LogP contribution < -0.4 is 19.9 Å². The molecule has 0 spiro atoms. The summed E-state index contributed by atoms with van der Waals surface area (Å²) in [7, 11) is 5.76. The van der Waals surface area contributed by atoms with Crippen molar-refractivity contribution in [3.8, 4) is 39.8 Å². The summed E-state index contributed by atoms with van der Waals surface area (Å²) in [5, 5.41) is 1.79. The number of benzene rings is 3. The summed E-state index contributed by atoms with van der Waals surface area (Å²) >= 11 is 5.69. The largest absolute Gasteiger partial charge is 0.497 e. The summed E-state index contributed by atoms with van der Waals surface area (Å²) in [4.78, 5) is 44.8. The van der Waals surface area contributed by atoms with Crippen LogP contribution in [0, 0.1) is 11.6 Å². The predicted molar refractivity (Wildman–Crippen MR) is 183 cm³/mol. The van der Waals surface area contributed by atoms with Crippen LogP contribution in [-0.4, -0.2) is 56.3 Å². The molecule has 0 radical (unpaired) electrons. The molecule has 16 heteroatoms. The number of nitrogens with two attached hydrogens (primary N) is 1. The Balaban J connectivity index is 0.000000244. The van der Waals surface area contributed by atoms with Crippen LogP contribution in [0.2, 0.25) is 0 Å². The molecule has 0 unspecified atom stereocenters. The van der Waals surface area contributed by atoms with Gasteiger partial charge in [0.05, 0.1) is 45.2 Å². The van der Waals surface area contributed by atoms with Gasteiger partial charge in [0.25, 0.3) is 5.91 Å². The first-order valence-electron chi connectivity index (χ1n) is 14.0. The Labute approximate surface area is 295 Å². The lowest BCUT2D eigenvalue weighted by atomic mass is 10.1. The lowest BCUT2D eigenvalue weighted by molar-refractivity contribution is 0.0598. The first kappa shape index (κ1) is 36.9. The number of hydrogen-bond donors (Lipinski definition) is 1. The van der Waals surface area contributed by atoms with Gasteiger partial charge in [-0.15, -0.1) is 22.7 Å². The summed E-state index contributed by atoms with van der Waals surface area (Å²) in [6.45, 7) is -0.231. The van der Waals surface area contributed by atoms with E-state index in [9.17, 15) is 23.2 Å². The fourth-order valence-electron chi connectivity index (χ4n) is 4.21. The summed E-state index contributed by atoms with van der Waals surface area (Å²) < 4.78 is 53.1. The van der Waals surface area contributed by atoms with Crippen molar-refractivity contribution < 1.29 is 46.8 Å². The fourth-order valence-corrected chi connectivity index (χ4v) is 6.45. The Kier molecular flexibility index (Phi) is 12.8. The molecule has 256 valence electrons. The van der Waals surface area contributed by atoms with E-state index in [0.717, 1.165) is 39.8 Å². The number of hydrogen-bond acceptors (Lipinski definition) is 12. The van der Waals surface area contributed by atoms with Gasteiger partial charge in [0, 0.05) is 11.1 Å². The Morgan fingerprint density at radius 1 is 0.735 bits per heavy atom. The second kappa shape index (κ2) is 16.9. The zero-order valence-corrected chi connectivity index (χ0v) is 29.6. The zero-order chi connectivity index (χ0) is 35.7. The molecular weight excluding hydrogens is 748 g/mol. The highest BCUT2D eigenvalue weighted by Crippen LogP contribution is 2.33. The van der Waals surface area contributed by atoms with Crippen LogP contribution in [0.5, 0.6) is 17.2 Å². The summed E-state index contributed by atoms with van der Waals surface area (Å²) in [5.74, 6) is -3.47. The second-order valence-corrected chi connectivity index (χ2v) is 12.3. The van der Waals surface area contributed by atoms with Crippen molar-refractivity contribution in [1.29, 1.82) is 0 Å². The van der Waals surface area contributed by atoms with Gasteiger partial charge in [0.15, 0.2) is 11.6 Å². The van der Waals surface area contributed by atoms with Gasteiger partial charge in [-0.3, -0.25) is 4.79 Å². The number of nitrogens with zero attached hydrogens (tertiary/aromatic N) is 2. The SMILES string of the molecule is COC(=O)c1sc(CBr)nc1-c1ccc(OC)cc1.COC(=O)c1sc(COc2ccc(F)c(C(N)=O)c2F)nc1-c1ccc(OC)cc1. The van der Waals surface area contributed by atoms with E-state index in [1.54, 1.807) is 31.4 Å². The Hall–Kier alpha value is -4.93. The number of esters is 2. The van der Waals surface area contributed by atoms with Gasteiger partial charge in [-0.05, 0) is 60.7 Å². The summed E-state index contributed by atoms with van der Waals surface area (Å²) in [5.41, 5.74) is 6.64. The predicted octanol–water partition coefficient (Wildman–Crippen LogP) is 7.06. The Morgan fingerprint density at radius 2 is 1.20 bits per heavy atom. The Bertz CT molecular complexity index is 1950. The van der Waals surface area contributed by atoms with Crippen LogP contribution in [0.4, 0.5) is 8.78 Å². The number of rotatable bonds is 11. The number of amides is 1. The minimum atomic E-state index is -1.25. The molecule has 1 amide bonds. The molecule has 2 aromatic heterocycles. The van der Waals surface area contributed by atoms with Gasteiger partial charge in [-0.1, -0.05) is 15.9 Å². The monoisotopic (exact) mass is 775 g/mol. The molecule has 0 bridgehead atoms. The van der Waals surface area contributed by atoms with Crippen molar-refractivity contribution >= 4 is 56.4 Å². The number of carbonyl (C=O) groups is 3. The van der Waals surface area contributed by atoms with Crippen LogP contribution in [0.15, 0.2) is 60.7 Å². The molecule has 2 N–H and O–H groups in total. The highest BCUT2D eigenvalue weighted by molar-refractivity contribution is 9.08. The Morgan fingerprint density at radius 3 is 1.63 bits per heavy atom. The maximum Gasteiger partial charge on any atom is 0.350 e. The molecule has 3 aromatic carbocycles. The molecule has 0 aliphatic heterocycles. The molecule has 2 heterocycles. The first-order chi connectivity index (χ1) is 23.5. The molecule has 0 saturated heterocycles. The number of carbonyl (C=O) groups excluding carboxylic acids is 3. The van der Waals surface area contributed by atoms with Gasteiger partial charge < -0.3 is 29.4 Å². The molecule has 0 fully saturated rings. The maximum absolute atomic E-state index is 14.3. The average Bonchev–Trinajstić information content (AvgIpc) is 3.76. The van der Waals surface area contributed by atoms with Crippen LogP contribution in [0.25, 0.3) is 22.5 Å². The molecule has 0 atom stereocenters. The summed E-state index contributed by atoms with van der Waals surface area (Å²) in [6, 6.07) is 16.2.